The molecule has 84 valence electrons. The van der Waals surface area contributed by atoms with Gasteiger partial charge in [0.2, 0.25) is 0 Å². The summed E-state index contributed by atoms with van der Waals surface area (Å²) in [4.78, 5) is 4.26. The Labute approximate surface area is 90.0 Å². The molecule has 0 amide bonds. The van der Waals surface area contributed by atoms with Crippen molar-refractivity contribution < 1.29 is 9.15 Å². The molecule has 1 heterocycles. The summed E-state index contributed by atoms with van der Waals surface area (Å²) in [5.74, 6) is 0. The number of hydrogen-bond donors (Lipinski definition) is 1. The SMILES string of the molecule is CCNCc1coc(OC2CCCC2)n1. The third kappa shape index (κ3) is 2.96. The van der Waals surface area contributed by atoms with Crippen LogP contribution in [0.3, 0.4) is 0 Å². The Kier molecular flexibility index (Phi) is 3.61. The standard InChI is InChI=1S/C11H18N2O2/c1-2-12-7-9-8-14-11(13-9)15-10-5-3-4-6-10/h8,10,12H,2-7H2,1H3. The third-order valence-electron chi connectivity index (χ3n) is 2.66. The van der Waals surface area contributed by atoms with Crippen molar-refractivity contribution in [2.75, 3.05) is 6.54 Å². The molecule has 2 rings (SSSR count). The molecule has 0 bridgehead atoms. The van der Waals surface area contributed by atoms with Gasteiger partial charge >= 0.3 is 6.08 Å². The Morgan fingerprint density at radius 2 is 2.33 bits per heavy atom. The molecule has 0 unspecified atom stereocenters. The highest BCUT2D eigenvalue weighted by Crippen LogP contribution is 2.23. The van der Waals surface area contributed by atoms with Gasteiger partial charge in [-0.3, -0.25) is 0 Å². The van der Waals surface area contributed by atoms with E-state index in [1.54, 1.807) is 6.26 Å². The lowest BCUT2D eigenvalue weighted by atomic mass is 10.3. The van der Waals surface area contributed by atoms with Crippen LogP contribution in [0.15, 0.2) is 10.7 Å². The number of aromatic nitrogens is 1. The van der Waals surface area contributed by atoms with Crippen LogP contribution in [0.2, 0.25) is 0 Å². The highest BCUT2D eigenvalue weighted by Gasteiger charge is 2.18. The maximum Gasteiger partial charge on any atom is 0.394 e. The Morgan fingerprint density at radius 3 is 3.07 bits per heavy atom. The first kappa shape index (κ1) is 10.5. The molecule has 1 N–H and O–H groups in total. The third-order valence-corrected chi connectivity index (χ3v) is 2.66. The second kappa shape index (κ2) is 5.16. The summed E-state index contributed by atoms with van der Waals surface area (Å²) in [5.41, 5.74) is 0.907. The normalized spacial score (nSPS) is 17.1. The summed E-state index contributed by atoms with van der Waals surface area (Å²) in [6.07, 6.45) is 7.18. The fourth-order valence-corrected chi connectivity index (χ4v) is 1.83. The topological polar surface area (TPSA) is 47.3 Å². The molecular weight excluding hydrogens is 192 g/mol. The molecule has 1 aromatic heterocycles. The van der Waals surface area contributed by atoms with Crippen LogP contribution in [0.5, 0.6) is 6.08 Å². The number of nitrogens with one attached hydrogen (secondary N) is 1. The summed E-state index contributed by atoms with van der Waals surface area (Å²) < 4.78 is 10.9. The van der Waals surface area contributed by atoms with Crippen LogP contribution in [-0.2, 0) is 6.54 Å². The zero-order chi connectivity index (χ0) is 10.5. The van der Waals surface area contributed by atoms with Gasteiger partial charge in [-0.1, -0.05) is 6.92 Å². The average molecular weight is 210 g/mol. The van der Waals surface area contributed by atoms with E-state index in [4.69, 9.17) is 9.15 Å². The summed E-state index contributed by atoms with van der Waals surface area (Å²) in [6.45, 7) is 3.75. The molecule has 1 saturated carbocycles. The molecule has 4 nitrogen and oxygen atoms in total. The number of rotatable bonds is 5. The zero-order valence-electron chi connectivity index (χ0n) is 9.16. The molecule has 0 aromatic carbocycles. The molecule has 0 spiro atoms. The second-order valence-electron chi connectivity index (χ2n) is 3.91. The van der Waals surface area contributed by atoms with E-state index < -0.39 is 0 Å². The first-order valence-corrected chi connectivity index (χ1v) is 5.70. The van der Waals surface area contributed by atoms with Crippen molar-refractivity contribution in [3.63, 3.8) is 0 Å². The highest BCUT2D eigenvalue weighted by atomic mass is 16.6. The maximum atomic E-state index is 5.63. The van der Waals surface area contributed by atoms with Crippen LogP contribution in [0.25, 0.3) is 0 Å². The lowest BCUT2D eigenvalue weighted by Gasteiger charge is -2.07. The molecule has 0 aliphatic heterocycles. The number of nitrogens with zero attached hydrogens (tertiary/aromatic N) is 1. The van der Waals surface area contributed by atoms with Crippen LogP contribution in [0.4, 0.5) is 0 Å². The fourth-order valence-electron chi connectivity index (χ4n) is 1.83. The van der Waals surface area contributed by atoms with Gasteiger partial charge < -0.3 is 14.5 Å². The minimum absolute atomic E-state index is 0.315. The summed E-state index contributed by atoms with van der Waals surface area (Å²) in [6, 6.07) is 0. The molecule has 1 aliphatic rings. The maximum absolute atomic E-state index is 5.63. The van der Waals surface area contributed by atoms with Gasteiger partial charge in [-0.2, -0.15) is 4.98 Å². The van der Waals surface area contributed by atoms with E-state index in [9.17, 15) is 0 Å². The van der Waals surface area contributed by atoms with Crippen molar-refractivity contribution in [1.29, 1.82) is 0 Å². The highest BCUT2D eigenvalue weighted by molar-refractivity contribution is 5.00. The van der Waals surface area contributed by atoms with E-state index >= 15 is 0 Å². The van der Waals surface area contributed by atoms with Crippen LogP contribution < -0.4 is 10.1 Å². The Morgan fingerprint density at radius 1 is 1.53 bits per heavy atom. The molecule has 0 saturated heterocycles. The van der Waals surface area contributed by atoms with Gasteiger partial charge in [-0.15, -0.1) is 0 Å². The van der Waals surface area contributed by atoms with E-state index in [0.717, 1.165) is 31.6 Å². The van der Waals surface area contributed by atoms with Crippen LogP contribution in [0.1, 0.15) is 38.3 Å². The first-order chi connectivity index (χ1) is 7.38. The monoisotopic (exact) mass is 210 g/mol. The lowest BCUT2D eigenvalue weighted by Crippen LogP contribution is -2.13. The van der Waals surface area contributed by atoms with E-state index in [0.29, 0.717) is 12.2 Å². The number of hydrogen-bond acceptors (Lipinski definition) is 4. The van der Waals surface area contributed by atoms with Crippen molar-refractivity contribution in [2.24, 2.45) is 0 Å². The van der Waals surface area contributed by atoms with E-state index in [2.05, 4.69) is 17.2 Å². The predicted octanol–water partition coefficient (Wildman–Crippen LogP) is 2.11. The molecule has 1 fully saturated rings. The molecule has 4 heteroatoms. The average Bonchev–Trinajstić information content (AvgIpc) is 2.87. The van der Waals surface area contributed by atoms with E-state index in [1.165, 1.54) is 12.8 Å². The van der Waals surface area contributed by atoms with E-state index in [1.807, 2.05) is 0 Å². The van der Waals surface area contributed by atoms with Crippen LogP contribution in [0, 0.1) is 0 Å². The smallest absolute Gasteiger partial charge is 0.394 e. The number of oxazole rings is 1. The van der Waals surface area contributed by atoms with Crippen molar-refractivity contribution >= 4 is 0 Å². The molecule has 1 aromatic rings. The van der Waals surface area contributed by atoms with E-state index in [-0.39, 0.29) is 0 Å². The van der Waals surface area contributed by atoms with Crippen LogP contribution >= 0.6 is 0 Å². The summed E-state index contributed by atoms with van der Waals surface area (Å²) >= 11 is 0. The van der Waals surface area contributed by atoms with Crippen molar-refractivity contribution in [1.82, 2.24) is 10.3 Å². The summed E-state index contributed by atoms with van der Waals surface area (Å²) in [5, 5.41) is 3.19. The van der Waals surface area contributed by atoms with Gasteiger partial charge in [0.25, 0.3) is 0 Å². The Bertz CT molecular complexity index is 293. The summed E-state index contributed by atoms with van der Waals surface area (Å²) in [7, 11) is 0. The van der Waals surface area contributed by atoms with Gasteiger partial charge in [0.05, 0.1) is 5.69 Å². The largest absolute Gasteiger partial charge is 0.447 e. The van der Waals surface area contributed by atoms with Gasteiger partial charge in [-0.05, 0) is 32.2 Å². The number of ether oxygens (including phenoxy) is 1. The minimum atomic E-state index is 0.315. The van der Waals surface area contributed by atoms with Gasteiger partial charge in [0.1, 0.15) is 12.4 Å². The molecule has 0 atom stereocenters. The molecule has 1 aliphatic carbocycles. The quantitative estimate of drug-likeness (QED) is 0.808. The predicted molar refractivity (Wildman–Crippen MR) is 56.8 cm³/mol. The van der Waals surface area contributed by atoms with Crippen molar-refractivity contribution in [2.45, 2.75) is 45.3 Å². The van der Waals surface area contributed by atoms with Gasteiger partial charge in [0, 0.05) is 6.54 Å². The Hall–Kier alpha value is -1.03. The zero-order valence-corrected chi connectivity index (χ0v) is 9.16. The van der Waals surface area contributed by atoms with Crippen molar-refractivity contribution in [3.05, 3.63) is 12.0 Å². The fraction of sp³-hybridized carbons (Fsp3) is 0.727. The van der Waals surface area contributed by atoms with Crippen LogP contribution in [-0.4, -0.2) is 17.6 Å². The minimum Gasteiger partial charge on any atom is -0.447 e. The lowest BCUT2D eigenvalue weighted by molar-refractivity contribution is 0.152. The van der Waals surface area contributed by atoms with Crippen molar-refractivity contribution in [3.8, 4) is 6.08 Å². The molecule has 0 radical (unpaired) electrons. The second-order valence-corrected chi connectivity index (χ2v) is 3.91. The first-order valence-electron chi connectivity index (χ1n) is 5.70. The Balaban J connectivity index is 1.83. The molecule has 15 heavy (non-hydrogen) atoms. The van der Waals surface area contributed by atoms with Gasteiger partial charge in [0.15, 0.2) is 0 Å². The van der Waals surface area contributed by atoms with Gasteiger partial charge in [-0.25, -0.2) is 0 Å². The molecular formula is C11H18N2O2.